The van der Waals surface area contributed by atoms with E-state index in [1.54, 1.807) is 0 Å². The molecule has 174 valence electrons. The van der Waals surface area contributed by atoms with Gasteiger partial charge in [0, 0.05) is 20.5 Å². The fourth-order valence-corrected chi connectivity index (χ4v) is 2.91. The summed E-state index contributed by atoms with van der Waals surface area (Å²) in [6.45, 7) is 5.76. The van der Waals surface area contributed by atoms with Crippen LogP contribution < -0.4 is 0 Å². The Morgan fingerprint density at radius 3 is 1.73 bits per heavy atom. The quantitative estimate of drug-likeness (QED) is 0.130. The van der Waals surface area contributed by atoms with E-state index in [0.717, 1.165) is 19.3 Å². The van der Waals surface area contributed by atoms with Gasteiger partial charge >= 0.3 is 11.9 Å². The summed E-state index contributed by atoms with van der Waals surface area (Å²) in [5.74, 6) is -0.722. The maximum Gasteiger partial charge on any atom is 0.302 e. The van der Waals surface area contributed by atoms with Gasteiger partial charge in [-0.25, -0.2) is 0 Å². The smallest absolute Gasteiger partial charge is 0.302 e. The molecule has 0 aromatic carbocycles. The van der Waals surface area contributed by atoms with E-state index < -0.39 is 6.10 Å². The molecule has 0 spiro atoms. The lowest BCUT2D eigenvalue weighted by atomic mass is 10.1. The van der Waals surface area contributed by atoms with Crippen LogP contribution in [-0.2, 0) is 23.8 Å². The van der Waals surface area contributed by atoms with Gasteiger partial charge in [-0.1, -0.05) is 69.8 Å². The summed E-state index contributed by atoms with van der Waals surface area (Å²) in [5, 5.41) is 0. The average Bonchev–Trinajstić information content (AvgIpc) is 2.71. The molecule has 0 bridgehead atoms. The van der Waals surface area contributed by atoms with E-state index in [0.29, 0.717) is 6.61 Å². The third-order valence-electron chi connectivity index (χ3n) is 4.64. The Balaban J connectivity index is 3.54. The summed E-state index contributed by atoms with van der Waals surface area (Å²) in [7, 11) is 0. The van der Waals surface area contributed by atoms with E-state index in [-0.39, 0.29) is 25.2 Å². The summed E-state index contributed by atoms with van der Waals surface area (Å²) in [4.78, 5) is 21.9. The maximum atomic E-state index is 10.9. The van der Waals surface area contributed by atoms with Crippen LogP contribution in [0.4, 0.5) is 0 Å². The minimum atomic E-state index is -0.393. The monoisotopic (exact) mass is 424 g/mol. The molecule has 0 saturated carbocycles. The fourth-order valence-electron chi connectivity index (χ4n) is 2.91. The molecule has 5 heteroatoms. The van der Waals surface area contributed by atoms with Crippen molar-refractivity contribution in [1.82, 2.24) is 0 Å². The lowest BCUT2D eigenvalue weighted by molar-refractivity contribution is -0.152. The van der Waals surface area contributed by atoms with E-state index in [2.05, 4.69) is 31.2 Å². The number of unbranched alkanes of at least 4 members (excludes halogenated alkanes) is 9. The lowest BCUT2D eigenvalue weighted by Crippen LogP contribution is -2.28. The van der Waals surface area contributed by atoms with Gasteiger partial charge in [0.05, 0.1) is 0 Å². The number of ether oxygens (including phenoxy) is 3. The van der Waals surface area contributed by atoms with Gasteiger partial charge in [-0.2, -0.15) is 0 Å². The highest BCUT2D eigenvalue weighted by atomic mass is 16.6. The van der Waals surface area contributed by atoms with Crippen molar-refractivity contribution in [2.24, 2.45) is 0 Å². The second-order valence-corrected chi connectivity index (χ2v) is 7.68. The normalized spacial score (nSPS) is 11.6. The van der Waals surface area contributed by atoms with Crippen molar-refractivity contribution in [3.05, 3.63) is 24.3 Å². The van der Waals surface area contributed by atoms with Gasteiger partial charge in [0.15, 0.2) is 0 Å². The molecule has 5 nitrogen and oxygen atoms in total. The summed E-state index contributed by atoms with van der Waals surface area (Å²) in [5.41, 5.74) is 0. The molecule has 0 atom stereocenters. The van der Waals surface area contributed by atoms with Crippen LogP contribution >= 0.6 is 0 Å². The van der Waals surface area contributed by atoms with Gasteiger partial charge in [0.25, 0.3) is 0 Å². The molecule has 0 aliphatic rings. The molecule has 0 radical (unpaired) electrons. The van der Waals surface area contributed by atoms with E-state index in [4.69, 9.17) is 14.2 Å². The highest BCUT2D eigenvalue weighted by Crippen LogP contribution is 2.09. The van der Waals surface area contributed by atoms with Crippen LogP contribution in [0.25, 0.3) is 0 Å². The second kappa shape index (κ2) is 22.1. The second-order valence-electron chi connectivity index (χ2n) is 7.68. The number of hydrogen-bond donors (Lipinski definition) is 0. The van der Waals surface area contributed by atoms with E-state index >= 15 is 0 Å². The molecule has 0 aromatic rings. The van der Waals surface area contributed by atoms with Crippen LogP contribution in [-0.4, -0.2) is 37.9 Å². The topological polar surface area (TPSA) is 61.8 Å². The predicted octanol–water partition coefficient (Wildman–Crippen LogP) is 6.31. The lowest BCUT2D eigenvalue weighted by Gasteiger charge is -2.17. The Morgan fingerprint density at radius 1 is 0.700 bits per heavy atom. The first-order valence-corrected chi connectivity index (χ1v) is 11.7. The molecular weight excluding hydrogens is 380 g/mol. The first-order chi connectivity index (χ1) is 14.6. The highest BCUT2D eigenvalue weighted by Gasteiger charge is 2.13. The van der Waals surface area contributed by atoms with Gasteiger partial charge in [-0.3, -0.25) is 9.59 Å². The molecule has 0 saturated heterocycles. The van der Waals surface area contributed by atoms with Gasteiger partial charge in [-0.15, -0.1) is 0 Å². The van der Waals surface area contributed by atoms with Crippen molar-refractivity contribution in [3.63, 3.8) is 0 Å². The summed E-state index contributed by atoms with van der Waals surface area (Å²) >= 11 is 0. The van der Waals surface area contributed by atoms with E-state index in [1.165, 1.54) is 71.6 Å². The Morgan fingerprint density at radius 2 is 1.20 bits per heavy atom. The van der Waals surface area contributed by atoms with Crippen LogP contribution in [0.15, 0.2) is 24.3 Å². The van der Waals surface area contributed by atoms with Crippen molar-refractivity contribution < 1.29 is 23.8 Å². The minimum Gasteiger partial charge on any atom is -0.463 e. The molecule has 30 heavy (non-hydrogen) atoms. The van der Waals surface area contributed by atoms with Crippen LogP contribution in [0.5, 0.6) is 0 Å². The van der Waals surface area contributed by atoms with Crippen molar-refractivity contribution in [1.29, 1.82) is 0 Å². The molecule has 0 fully saturated rings. The SMILES string of the molecule is CCCCCC=CCC=CCCCCCCCCOC(COC(C)=O)COC(C)=O. The van der Waals surface area contributed by atoms with Gasteiger partial charge in [0.2, 0.25) is 0 Å². The molecule has 0 rings (SSSR count). The van der Waals surface area contributed by atoms with Crippen LogP contribution in [0.1, 0.15) is 97.8 Å². The number of carbonyl (C=O) groups excluding carboxylic acids is 2. The first kappa shape index (κ1) is 28.4. The van der Waals surface area contributed by atoms with Gasteiger partial charge in [0.1, 0.15) is 19.3 Å². The summed E-state index contributed by atoms with van der Waals surface area (Å²) < 4.78 is 15.6. The third kappa shape index (κ3) is 22.7. The van der Waals surface area contributed by atoms with Crippen LogP contribution in [0, 0.1) is 0 Å². The summed E-state index contributed by atoms with van der Waals surface area (Å²) in [6.07, 6.45) is 23.2. The Labute approximate surface area is 184 Å². The zero-order chi connectivity index (χ0) is 22.3. The Hall–Kier alpha value is -1.62. The fraction of sp³-hybridized carbons (Fsp3) is 0.760. The van der Waals surface area contributed by atoms with Crippen molar-refractivity contribution in [3.8, 4) is 0 Å². The highest BCUT2D eigenvalue weighted by molar-refractivity contribution is 5.66. The number of carbonyl (C=O) groups is 2. The largest absolute Gasteiger partial charge is 0.463 e. The van der Waals surface area contributed by atoms with Crippen LogP contribution in [0.2, 0.25) is 0 Å². The minimum absolute atomic E-state index is 0.116. The van der Waals surface area contributed by atoms with Crippen LogP contribution in [0.3, 0.4) is 0 Å². The van der Waals surface area contributed by atoms with Crippen molar-refractivity contribution in [2.75, 3.05) is 19.8 Å². The summed E-state index contributed by atoms with van der Waals surface area (Å²) in [6, 6.07) is 0. The molecule has 0 aliphatic heterocycles. The molecule has 0 N–H and O–H groups in total. The number of allylic oxidation sites excluding steroid dienone is 4. The number of hydrogen-bond acceptors (Lipinski definition) is 5. The molecular formula is C25H44O5. The van der Waals surface area contributed by atoms with E-state index in [9.17, 15) is 9.59 Å². The standard InChI is InChI=1S/C25H44O5/c1-4-5-6-7-8-9-10-11-12-13-14-15-16-17-18-19-20-28-25(21-29-23(2)26)22-30-24(3)27/h8-9,11-12,25H,4-7,10,13-22H2,1-3H3. The van der Waals surface area contributed by atoms with Gasteiger partial charge < -0.3 is 14.2 Å². The average molecular weight is 425 g/mol. The number of rotatable bonds is 20. The first-order valence-electron chi connectivity index (χ1n) is 11.7. The molecule has 0 unspecified atom stereocenters. The molecule has 0 aliphatic carbocycles. The molecule has 0 aromatic heterocycles. The maximum absolute atomic E-state index is 10.9. The van der Waals surface area contributed by atoms with Crippen molar-refractivity contribution in [2.45, 2.75) is 104 Å². The predicted molar refractivity (Wildman–Crippen MR) is 122 cm³/mol. The third-order valence-corrected chi connectivity index (χ3v) is 4.64. The Bertz CT molecular complexity index is 452. The zero-order valence-electron chi connectivity index (χ0n) is 19.5. The molecule has 0 heterocycles. The zero-order valence-corrected chi connectivity index (χ0v) is 19.5. The van der Waals surface area contributed by atoms with Gasteiger partial charge in [-0.05, 0) is 38.5 Å². The molecule has 0 amide bonds. The number of esters is 2. The Kier molecular flexibility index (Phi) is 20.9. The van der Waals surface area contributed by atoms with Crippen molar-refractivity contribution >= 4 is 11.9 Å². The van der Waals surface area contributed by atoms with E-state index in [1.807, 2.05) is 0 Å².